The van der Waals surface area contributed by atoms with Crippen LogP contribution in [0.25, 0.3) is 0 Å². The summed E-state index contributed by atoms with van der Waals surface area (Å²) in [4.78, 5) is 22.1. The number of halogens is 9. The van der Waals surface area contributed by atoms with Crippen LogP contribution in [0.1, 0.15) is 20.8 Å². The molecule has 0 amide bonds. The zero-order valence-corrected chi connectivity index (χ0v) is 12.9. The van der Waals surface area contributed by atoms with Gasteiger partial charge in [-0.3, -0.25) is 4.79 Å². The normalized spacial score (nSPS) is 14.2. The monoisotopic (exact) mass is 392 g/mol. The van der Waals surface area contributed by atoms with Crippen LogP contribution in [0, 0.1) is 5.41 Å². The Hall–Kier alpha value is -1.69. The van der Waals surface area contributed by atoms with Crippen LogP contribution in [0.2, 0.25) is 0 Å². The lowest BCUT2D eigenvalue weighted by Crippen LogP contribution is -2.63. The molecule has 0 atom stereocenters. The summed E-state index contributed by atoms with van der Waals surface area (Å²) in [7, 11) is 0. The first-order chi connectivity index (χ1) is 10.8. The molecule has 0 aliphatic heterocycles. The third-order valence-corrected chi connectivity index (χ3v) is 2.56. The molecule has 0 saturated carbocycles. The molecule has 148 valence electrons. The molecule has 0 rings (SSSR count). The molecule has 0 spiro atoms. The lowest BCUT2D eigenvalue weighted by Gasteiger charge is -2.32. The van der Waals surface area contributed by atoms with Crippen molar-refractivity contribution in [3.05, 3.63) is 0 Å². The van der Waals surface area contributed by atoms with Crippen LogP contribution >= 0.6 is 0 Å². The molecule has 0 saturated heterocycles. The molecule has 4 nitrogen and oxygen atoms in total. The number of alkyl halides is 9. The minimum Gasteiger partial charge on any atom is -0.462 e. The van der Waals surface area contributed by atoms with E-state index in [9.17, 15) is 49.1 Å². The van der Waals surface area contributed by atoms with Crippen LogP contribution in [0.5, 0.6) is 0 Å². The molecule has 0 N–H and O–H groups in total. The highest BCUT2D eigenvalue weighted by Gasteiger charge is 2.84. The van der Waals surface area contributed by atoms with Crippen molar-refractivity contribution in [3.8, 4) is 0 Å². The maximum Gasteiger partial charge on any atom is 0.460 e. The average Bonchev–Trinajstić information content (AvgIpc) is 2.40. The molecule has 0 radical (unpaired) electrons. The van der Waals surface area contributed by atoms with Gasteiger partial charge >= 0.3 is 35.9 Å². The summed E-state index contributed by atoms with van der Waals surface area (Å²) in [5, 5.41) is 0. The molecule has 25 heavy (non-hydrogen) atoms. The molecule has 13 heteroatoms. The van der Waals surface area contributed by atoms with E-state index in [2.05, 4.69) is 9.47 Å². The topological polar surface area (TPSA) is 52.6 Å². The minimum absolute atomic E-state index is 0.899. The zero-order valence-electron chi connectivity index (χ0n) is 12.9. The van der Waals surface area contributed by atoms with Crippen molar-refractivity contribution in [3.63, 3.8) is 0 Å². The van der Waals surface area contributed by atoms with Gasteiger partial charge in [-0.25, -0.2) is 4.79 Å². The molecule has 0 aliphatic rings. The maximum atomic E-state index is 13.1. The predicted molar refractivity (Wildman–Crippen MR) is 62.3 cm³/mol. The summed E-state index contributed by atoms with van der Waals surface area (Å²) < 4.78 is 121. The fraction of sp³-hybridized carbons (Fsp3) is 0.833. The van der Waals surface area contributed by atoms with Gasteiger partial charge in [0.1, 0.15) is 13.2 Å². The highest BCUT2D eigenvalue weighted by molar-refractivity contribution is 5.79. The Balaban J connectivity index is 4.99. The molecule has 0 aliphatic carbocycles. The summed E-state index contributed by atoms with van der Waals surface area (Å²) in [5.74, 6) is -25.0. The van der Waals surface area contributed by atoms with Crippen LogP contribution in [-0.4, -0.2) is 49.1 Å². The predicted octanol–water partition coefficient (Wildman–Crippen LogP) is 3.59. The molecular formula is C12H13F9O4. The lowest BCUT2D eigenvalue weighted by molar-refractivity contribution is -0.390. The molecule has 0 heterocycles. The third-order valence-electron chi connectivity index (χ3n) is 2.56. The molecule has 0 aromatic carbocycles. The van der Waals surface area contributed by atoms with Gasteiger partial charge in [0.05, 0.1) is 5.41 Å². The van der Waals surface area contributed by atoms with Crippen molar-refractivity contribution in [2.75, 3.05) is 13.2 Å². The quantitative estimate of drug-likeness (QED) is 0.394. The van der Waals surface area contributed by atoms with Crippen LogP contribution < -0.4 is 0 Å². The summed E-state index contributed by atoms with van der Waals surface area (Å²) in [6, 6.07) is 0. The molecule has 0 fully saturated rings. The van der Waals surface area contributed by atoms with E-state index in [0.29, 0.717) is 0 Å². The smallest absolute Gasteiger partial charge is 0.460 e. The van der Waals surface area contributed by atoms with Crippen molar-refractivity contribution in [2.45, 2.75) is 44.7 Å². The van der Waals surface area contributed by atoms with Gasteiger partial charge in [-0.2, -0.15) is 39.5 Å². The number of rotatable bonds is 6. The summed E-state index contributed by atoms with van der Waals surface area (Å²) in [6.07, 6.45) is -7.04. The average molecular weight is 392 g/mol. The second-order valence-electron chi connectivity index (χ2n) is 5.74. The molecule has 0 aromatic rings. The Labute approximate surface area is 135 Å². The molecule has 0 unspecified atom stereocenters. The van der Waals surface area contributed by atoms with Gasteiger partial charge in [-0.15, -0.1) is 0 Å². The first-order valence-electron chi connectivity index (χ1n) is 6.34. The fourth-order valence-corrected chi connectivity index (χ4v) is 1.08. The summed E-state index contributed by atoms with van der Waals surface area (Å²) in [5.41, 5.74) is -1.05. The molecule has 0 bridgehead atoms. The van der Waals surface area contributed by atoms with E-state index in [1.54, 1.807) is 0 Å². The van der Waals surface area contributed by atoms with Gasteiger partial charge < -0.3 is 9.47 Å². The second kappa shape index (κ2) is 6.90. The van der Waals surface area contributed by atoms with E-state index in [4.69, 9.17) is 0 Å². The number of carbonyl (C=O) groups excluding carboxylic acids is 2. The number of ether oxygens (including phenoxy) is 2. The Morgan fingerprint density at radius 1 is 0.680 bits per heavy atom. The SMILES string of the molecule is CC(C)(C)C(=O)OCCOC(=O)C(F)(F)C(F)(F)C(F)(F)C(F)(F)F. The van der Waals surface area contributed by atoms with E-state index in [0.717, 1.165) is 0 Å². The first-order valence-corrected chi connectivity index (χ1v) is 6.34. The number of esters is 2. The minimum atomic E-state index is -7.19. The van der Waals surface area contributed by atoms with Crippen molar-refractivity contribution < 1.29 is 58.6 Å². The van der Waals surface area contributed by atoms with Gasteiger partial charge in [0.15, 0.2) is 0 Å². The second-order valence-corrected chi connectivity index (χ2v) is 5.74. The van der Waals surface area contributed by atoms with Gasteiger partial charge in [-0.1, -0.05) is 0 Å². The van der Waals surface area contributed by atoms with E-state index in [1.165, 1.54) is 20.8 Å². The van der Waals surface area contributed by atoms with E-state index >= 15 is 0 Å². The van der Waals surface area contributed by atoms with Gasteiger partial charge in [0, 0.05) is 0 Å². The maximum absolute atomic E-state index is 13.1. The lowest BCUT2D eigenvalue weighted by atomic mass is 9.97. The van der Waals surface area contributed by atoms with Gasteiger partial charge in [0.25, 0.3) is 0 Å². The van der Waals surface area contributed by atoms with Crippen LogP contribution in [0.15, 0.2) is 0 Å². The van der Waals surface area contributed by atoms with Crippen molar-refractivity contribution >= 4 is 11.9 Å². The van der Waals surface area contributed by atoms with Gasteiger partial charge in [0.2, 0.25) is 0 Å². The van der Waals surface area contributed by atoms with Crippen molar-refractivity contribution in [1.82, 2.24) is 0 Å². The Morgan fingerprint density at radius 3 is 1.36 bits per heavy atom. The van der Waals surface area contributed by atoms with E-state index in [1.807, 2.05) is 0 Å². The fourth-order valence-electron chi connectivity index (χ4n) is 1.08. The Kier molecular flexibility index (Phi) is 6.44. The third kappa shape index (κ3) is 4.69. The number of hydrogen-bond acceptors (Lipinski definition) is 4. The Bertz CT molecular complexity index is 506. The molecular weight excluding hydrogens is 379 g/mol. The molecule has 0 aromatic heterocycles. The largest absolute Gasteiger partial charge is 0.462 e. The zero-order chi connectivity index (χ0) is 20.5. The highest BCUT2D eigenvalue weighted by Crippen LogP contribution is 2.53. The van der Waals surface area contributed by atoms with Crippen molar-refractivity contribution in [2.24, 2.45) is 5.41 Å². The summed E-state index contributed by atoms with van der Waals surface area (Å²) >= 11 is 0. The summed E-state index contributed by atoms with van der Waals surface area (Å²) in [6.45, 7) is 1.99. The van der Waals surface area contributed by atoms with Crippen LogP contribution in [0.4, 0.5) is 39.5 Å². The Morgan fingerprint density at radius 2 is 1.04 bits per heavy atom. The van der Waals surface area contributed by atoms with E-state index < -0.39 is 54.5 Å². The van der Waals surface area contributed by atoms with E-state index in [-0.39, 0.29) is 0 Å². The van der Waals surface area contributed by atoms with Crippen molar-refractivity contribution in [1.29, 1.82) is 0 Å². The number of carbonyl (C=O) groups is 2. The van der Waals surface area contributed by atoms with Crippen LogP contribution in [0.3, 0.4) is 0 Å². The van der Waals surface area contributed by atoms with Crippen LogP contribution in [-0.2, 0) is 19.1 Å². The highest BCUT2D eigenvalue weighted by atomic mass is 19.4. The first kappa shape index (κ1) is 23.3. The standard InChI is InChI=1S/C12H13F9O4/c1-8(2,3)6(22)24-4-5-25-7(23)9(13,14)10(15,16)11(17,18)12(19,20)21/h4-5H2,1-3H3. The number of hydrogen-bond donors (Lipinski definition) is 0. The van der Waals surface area contributed by atoms with Gasteiger partial charge in [-0.05, 0) is 20.8 Å².